The lowest BCUT2D eigenvalue weighted by molar-refractivity contribution is -0.125. The highest BCUT2D eigenvalue weighted by Crippen LogP contribution is 2.43. The summed E-state index contributed by atoms with van der Waals surface area (Å²) in [6.45, 7) is 2.16. The molecule has 4 nitrogen and oxygen atoms in total. The molecule has 1 N–H and O–H groups in total. The van der Waals surface area contributed by atoms with Crippen LogP contribution in [0.2, 0.25) is 0 Å². The van der Waals surface area contributed by atoms with Crippen molar-refractivity contribution >= 4 is 11.6 Å². The third kappa shape index (κ3) is 4.29. The Kier molecular flexibility index (Phi) is 6.24. The first kappa shape index (κ1) is 20.3. The van der Waals surface area contributed by atoms with E-state index in [1.54, 1.807) is 13.3 Å². The zero-order chi connectivity index (χ0) is 20.9. The van der Waals surface area contributed by atoms with E-state index in [0.29, 0.717) is 0 Å². The average molecular weight is 401 g/mol. The number of hydrogen-bond acceptors (Lipinski definition) is 3. The summed E-state index contributed by atoms with van der Waals surface area (Å²) < 4.78 is 5.79. The molecule has 4 rings (SSSR count). The van der Waals surface area contributed by atoms with Gasteiger partial charge in [0.15, 0.2) is 0 Å². The third-order valence-electron chi connectivity index (χ3n) is 6.24. The second kappa shape index (κ2) is 9.23. The Hall–Kier alpha value is -2.98. The molecule has 4 heteroatoms. The first-order chi connectivity index (χ1) is 14.7. The Labute approximate surface area is 178 Å². The van der Waals surface area contributed by atoms with E-state index in [0.717, 1.165) is 35.2 Å². The van der Waals surface area contributed by atoms with Gasteiger partial charge in [-0.15, -0.1) is 0 Å². The van der Waals surface area contributed by atoms with Crippen LogP contribution in [0.1, 0.15) is 31.2 Å². The molecule has 0 radical (unpaired) electrons. The maximum Gasteiger partial charge on any atom is 0.228 e. The van der Waals surface area contributed by atoms with Gasteiger partial charge in [0.2, 0.25) is 5.91 Å². The molecule has 0 saturated heterocycles. The van der Waals surface area contributed by atoms with Crippen molar-refractivity contribution in [1.82, 2.24) is 4.98 Å². The highest BCUT2D eigenvalue weighted by Gasteiger charge is 2.42. The van der Waals surface area contributed by atoms with E-state index in [4.69, 9.17) is 4.74 Å². The predicted molar refractivity (Wildman–Crippen MR) is 120 cm³/mol. The monoisotopic (exact) mass is 400 g/mol. The van der Waals surface area contributed by atoms with Crippen LogP contribution in [0.25, 0.3) is 11.1 Å². The largest absolute Gasteiger partial charge is 0.381 e. The fraction of sp³-hybridized carbons (Fsp3) is 0.308. The number of ether oxygens (including phenoxy) is 1. The quantitative estimate of drug-likeness (QED) is 0.612. The molecule has 0 aliphatic heterocycles. The minimum absolute atomic E-state index is 0.00366. The van der Waals surface area contributed by atoms with Crippen LogP contribution >= 0.6 is 0 Å². The SMILES string of the molecule is CO[C@@H]1CC[C@H](C)[C@@H](C(=O)Nc2ccc(-c3ccccc3)cc2)[C@H]1c1cccnc1. The van der Waals surface area contributed by atoms with Crippen molar-refractivity contribution in [2.75, 3.05) is 12.4 Å². The van der Waals surface area contributed by atoms with Gasteiger partial charge < -0.3 is 10.1 Å². The molecule has 30 heavy (non-hydrogen) atoms. The summed E-state index contributed by atoms with van der Waals surface area (Å²) in [6, 6.07) is 22.3. The van der Waals surface area contributed by atoms with Crippen LogP contribution in [0.15, 0.2) is 79.1 Å². The van der Waals surface area contributed by atoms with Gasteiger partial charge >= 0.3 is 0 Å². The van der Waals surface area contributed by atoms with Crippen LogP contribution in [0.4, 0.5) is 5.69 Å². The normalized spacial score (nSPS) is 23.7. The number of carbonyl (C=O) groups is 1. The average Bonchev–Trinajstić information content (AvgIpc) is 2.80. The van der Waals surface area contributed by atoms with E-state index >= 15 is 0 Å². The van der Waals surface area contributed by atoms with Crippen LogP contribution < -0.4 is 5.32 Å². The van der Waals surface area contributed by atoms with Crippen molar-refractivity contribution in [2.24, 2.45) is 11.8 Å². The molecule has 0 unspecified atom stereocenters. The zero-order valence-corrected chi connectivity index (χ0v) is 17.5. The Bertz CT molecular complexity index is 957. The molecule has 4 atom stereocenters. The number of hydrogen-bond donors (Lipinski definition) is 1. The second-order valence-corrected chi connectivity index (χ2v) is 8.10. The molecule has 0 spiro atoms. The van der Waals surface area contributed by atoms with Crippen molar-refractivity contribution in [3.8, 4) is 11.1 Å². The summed E-state index contributed by atoms with van der Waals surface area (Å²) in [5.74, 6) is 0.147. The fourth-order valence-corrected chi connectivity index (χ4v) is 4.65. The van der Waals surface area contributed by atoms with Crippen LogP contribution in [0.5, 0.6) is 0 Å². The third-order valence-corrected chi connectivity index (χ3v) is 6.24. The highest BCUT2D eigenvalue weighted by molar-refractivity contribution is 5.93. The summed E-state index contributed by atoms with van der Waals surface area (Å²) in [5, 5.41) is 3.15. The summed E-state index contributed by atoms with van der Waals surface area (Å²) in [4.78, 5) is 17.7. The van der Waals surface area contributed by atoms with E-state index in [1.807, 2.05) is 54.7 Å². The van der Waals surface area contributed by atoms with Crippen molar-refractivity contribution in [1.29, 1.82) is 0 Å². The molecule has 2 aromatic carbocycles. The Morgan fingerprint density at radius 3 is 2.37 bits per heavy atom. The summed E-state index contributed by atoms with van der Waals surface area (Å²) >= 11 is 0. The predicted octanol–water partition coefficient (Wildman–Crippen LogP) is 5.53. The van der Waals surface area contributed by atoms with Crippen LogP contribution in [-0.4, -0.2) is 24.1 Å². The van der Waals surface area contributed by atoms with Gasteiger partial charge in [0.25, 0.3) is 0 Å². The number of nitrogens with zero attached hydrogens (tertiary/aromatic N) is 1. The second-order valence-electron chi connectivity index (χ2n) is 8.10. The molecule has 1 saturated carbocycles. The number of aromatic nitrogens is 1. The minimum atomic E-state index is -0.165. The molecule has 1 aromatic heterocycles. The molecular formula is C26H28N2O2. The lowest BCUT2D eigenvalue weighted by atomic mass is 9.68. The van der Waals surface area contributed by atoms with Gasteiger partial charge in [0.1, 0.15) is 0 Å². The topological polar surface area (TPSA) is 51.2 Å². The molecule has 1 heterocycles. The molecule has 1 aliphatic carbocycles. The molecule has 1 aliphatic rings. The maximum atomic E-state index is 13.4. The molecule has 154 valence electrons. The maximum absolute atomic E-state index is 13.4. The standard InChI is InChI=1S/C26H28N2O2/c1-18-10-15-23(30-2)25(21-9-6-16-27-17-21)24(18)26(29)28-22-13-11-20(12-14-22)19-7-4-3-5-8-19/h3-9,11-14,16-18,23-25H,10,15H2,1-2H3,(H,28,29)/t18-,23+,24+,25-/m0/s1. The van der Waals surface area contributed by atoms with E-state index in [2.05, 4.69) is 35.4 Å². The van der Waals surface area contributed by atoms with Gasteiger partial charge in [0, 0.05) is 31.1 Å². The number of rotatable bonds is 5. The minimum Gasteiger partial charge on any atom is -0.381 e. The number of carbonyl (C=O) groups excluding carboxylic acids is 1. The lowest BCUT2D eigenvalue weighted by Crippen LogP contribution is -2.43. The number of methoxy groups -OCH3 is 1. The highest BCUT2D eigenvalue weighted by atomic mass is 16.5. The van der Waals surface area contributed by atoms with Crippen LogP contribution in [-0.2, 0) is 9.53 Å². The number of amides is 1. The molecule has 0 bridgehead atoms. The van der Waals surface area contributed by atoms with Crippen molar-refractivity contribution in [3.05, 3.63) is 84.7 Å². The summed E-state index contributed by atoms with van der Waals surface area (Å²) in [5.41, 5.74) is 4.18. The molecule has 1 amide bonds. The van der Waals surface area contributed by atoms with Crippen molar-refractivity contribution in [2.45, 2.75) is 31.8 Å². The number of nitrogens with one attached hydrogen (secondary N) is 1. The Morgan fingerprint density at radius 1 is 0.967 bits per heavy atom. The van der Waals surface area contributed by atoms with Gasteiger partial charge in [-0.05, 0) is 53.6 Å². The number of anilines is 1. The fourth-order valence-electron chi connectivity index (χ4n) is 4.65. The first-order valence-corrected chi connectivity index (χ1v) is 10.6. The summed E-state index contributed by atoms with van der Waals surface area (Å²) in [7, 11) is 1.74. The molecular weight excluding hydrogens is 372 g/mol. The molecule has 3 aromatic rings. The van der Waals surface area contributed by atoms with Crippen molar-refractivity contribution < 1.29 is 9.53 Å². The Morgan fingerprint density at radius 2 is 1.70 bits per heavy atom. The van der Waals surface area contributed by atoms with Crippen LogP contribution in [0, 0.1) is 11.8 Å². The molecule has 1 fully saturated rings. The smallest absolute Gasteiger partial charge is 0.228 e. The van der Waals surface area contributed by atoms with E-state index in [-0.39, 0.29) is 29.8 Å². The number of pyridine rings is 1. The van der Waals surface area contributed by atoms with Crippen molar-refractivity contribution in [3.63, 3.8) is 0 Å². The van der Waals surface area contributed by atoms with E-state index in [9.17, 15) is 4.79 Å². The van der Waals surface area contributed by atoms with E-state index in [1.165, 1.54) is 0 Å². The van der Waals surface area contributed by atoms with Gasteiger partial charge in [-0.25, -0.2) is 0 Å². The van der Waals surface area contributed by atoms with Gasteiger partial charge in [-0.2, -0.15) is 0 Å². The van der Waals surface area contributed by atoms with Gasteiger partial charge in [-0.1, -0.05) is 55.5 Å². The van der Waals surface area contributed by atoms with E-state index < -0.39 is 0 Å². The lowest BCUT2D eigenvalue weighted by Gasteiger charge is -2.40. The first-order valence-electron chi connectivity index (χ1n) is 10.6. The Balaban J connectivity index is 1.55. The number of benzene rings is 2. The van der Waals surface area contributed by atoms with Gasteiger partial charge in [-0.3, -0.25) is 9.78 Å². The summed E-state index contributed by atoms with van der Waals surface area (Å²) in [6.07, 6.45) is 5.57. The zero-order valence-electron chi connectivity index (χ0n) is 17.5. The van der Waals surface area contributed by atoms with Gasteiger partial charge in [0.05, 0.1) is 12.0 Å². The van der Waals surface area contributed by atoms with Crippen LogP contribution in [0.3, 0.4) is 0 Å².